The smallest absolute Gasteiger partial charge is 0.257 e. The highest BCUT2D eigenvalue weighted by atomic mass is 16.5. The van der Waals surface area contributed by atoms with Crippen molar-refractivity contribution < 1.29 is 9.63 Å². The molecule has 0 fully saturated rings. The molecule has 3 aromatic rings. The molecule has 0 saturated carbocycles. The van der Waals surface area contributed by atoms with E-state index in [4.69, 9.17) is 4.52 Å². The number of aromatic nitrogens is 2. The van der Waals surface area contributed by atoms with E-state index in [0.717, 1.165) is 18.5 Å². The van der Waals surface area contributed by atoms with Gasteiger partial charge in [0.2, 0.25) is 0 Å². The van der Waals surface area contributed by atoms with Crippen molar-refractivity contribution in [1.29, 1.82) is 0 Å². The van der Waals surface area contributed by atoms with E-state index in [-0.39, 0.29) is 12.6 Å². The van der Waals surface area contributed by atoms with Crippen LogP contribution in [0.4, 0.5) is 0 Å². The lowest BCUT2D eigenvalue weighted by molar-refractivity contribution is 0.105. The molecule has 0 radical (unpaired) electrons. The predicted octanol–water partition coefficient (Wildman–Crippen LogP) is 2.83. The molecule has 24 heavy (non-hydrogen) atoms. The summed E-state index contributed by atoms with van der Waals surface area (Å²) >= 11 is 0. The van der Waals surface area contributed by atoms with Crippen LogP contribution in [-0.2, 0) is 13.0 Å². The van der Waals surface area contributed by atoms with Crippen LogP contribution < -0.4 is 0 Å². The van der Waals surface area contributed by atoms with Gasteiger partial charge in [0.05, 0.1) is 19.2 Å². The van der Waals surface area contributed by atoms with Crippen LogP contribution in [-0.4, -0.2) is 33.3 Å². The van der Waals surface area contributed by atoms with E-state index in [2.05, 4.69) is 27.2 Å². The van der Waals surface area contributed by atoms with Crippen LogP contribution in [0.15, 0.2) is 59.1 Å². The first-order chi connectivity index (χ1) is 11.8. The lowest BCUT2D eigenvalue weighted by Crippen LogP contribution is -2.37. The van der Waals surface area contributed by atoms with Crippen LogP contribution in [0, 0.1) is 0 Å². The minimum atomic E-state index is -0.0198. The number of hydrogen-bond donors (Lipinski definition) is 1. The molecule has 122 valence electrons. The van der Waals surface area contributed by atoms with Gasteiger partial charge < -0.3 is 9.63 Å². The van der Waals surface area contributed by atoms with Crippen LogP contribution in [0.1, 0.15) is 23.0 Å². The summed E-state index contributed by atoms with van der Waals surface area (Å²) in [7, 11) is 0. The fourth-order valence-corrected chi connectivity index (χ4v) is 3.30. The number of aliphatic hydroxyl groups is 1. The van der Waals surface area contributed by atoms with Gasteiger partial charge in [0, 0.05) is 12.1 Å². The van der Waals surface area contributed by atoms with Gasteiger partial charge in [0.15, 0.2) is 5.82 Å². The Hall–Kier alpha value is -2.50. The van der Waals surface area contributed by atoms with Gasteiger partial charge in [-0.3, -0.25) is 4.90 Å². The van der Waals surface area contributed by atoms with Crippen LogP contribution in [0.5, 0.6) is 0 Å². The van der Waals surface area contributed by atoms with Gasteiger partial charge in [-0.05, 0) is 29.7 Å². The Balaban J connectivity index is 1.55. The van der Waals surface area contributed by atoms with E-state index in [1.54, 1.807) is 0 Å². The van der Waals surface area contributed by atoms with Gasteiger partial charge in [-0.25, -0.2) is 0 Å². The Morgan fingerprint density at radius 2 is 1.88 bits per heavy atom. The second-order valence-corrected chi connectivity index (χ2v) is 6.00. The third kappa shape index (κ3) is 2.84. The van der Waals surface area contributed by atoms with Crippen molar-refractivity contribution in [3.63, 3.8) is 0 Å². The Morgan fingerprint density at radius 1 is 1.08 bits per heavy atom. The average Bonchev–Trinajstić information content (AvgIpc) is 3.11. The molecule has 4 rings (SSSR count). The first-order valence-electron chi connectivity index (χ1n) is 8.16. The highest BCUT2D eigenvalue weighted by molar-refractivity contribution is 5.51. The molecule has 0 saturated heterocycles. The normalized spacial score (nSPS) is 17.6. The van der Waals surface area contributed by atoms with E-state index in [1.807, 2.05) is 42.5 Å². The van der Waals surface area contributed by atoms with Gasteiger partial charge in [-0.15, -0.1) is 0 Å². The molecule has 1 atom stereocenters. The summed E-state index contributed by atoms with van der Waals surface area (Å²) in [6, 6.07) is 18.0. The first kappa shape index (κ1) is 15.1. The quantitative estimate of drug-likeness (QED) is 0.800. The highest BCUT2D eigenvalue weighted by Crippen LogP contribution is 2.30. The van der Waals surface area contributed by atoms with E-state index in [1.165, 1.54) is 11.1 Å². The predicted molar refractivity (Wildman–Crippen MR) is 90.1 cm³/mol. The minimum absolute atomic E-state index is 0.0198. The van der Waals surface area contributed by atoms with E-state index < -0.39 is 0 Å². The van der Waals surface area contributed by atoms with Gasteiger partial charge in [-0.1, -0.05) is 47.6 Å². The summed E-state index contributed by atoms with van der Waals surface area (Å²) in [4.78, 5) is 6.71. The standard InChI is InChI=1S/C19H19N3O2/c23-13-17-16-9-5-4-6-14(16)10-11-22(17)12-18-20-19(24-21-18)15-7-2-1-3-8-15/h1-9,17,23H,10-13H2. The number of rotatable bonds is 4. The summed E-state index contributed by atoms with van der Waals surface area (Å²) in [5, 5.41) is 14.0. The van der Waals surface area contributed by atoms with Crippen molar-refractivity contribution in [2.24, 2.45) is 0 Å². The largest absolute Gasteiger partial charge is 0.394 e. The minimum Gasteiger partial charge on any atom is -0.394 e. The summed E-state index contributed by atoms with van der Waals surface area (Å²) in [6.07, 6.45) is 0.968. The number of benzene rings is 2. The van der Waals surface area contributed by atoms with Crippen LogP contribution in [0.2, 0.25) is 0 Å². The lowest BCUT2D eigenvalue weighted by Gasteiger charge is -2.35. The molecule has 2 heterocycles. The average molecular weight is 321 g/mol. The fourth-order valence-electron chi connectivity index (χ4n) is 3.30. The molecule has 1 aromatic heterocycles. The third-order valence-electron chi connectivity index (χ3n) is 4.53. The van der Waals surface area contributed by atoms with E-state index in [9.17, 15) is 5.11 Å². The van der Waals surface area contributed by atoms with Crippen LogP contribution in [0.3, 0.4) is 0 Å². The van der Waals surface area contributed by atoms with Gasteiger partial charge in [-0.2, -0.15) is 4.98 Å². The van der Waals surface area contributed by atoms with Gasteiger partial charge >= 0.3 is 0 Å². The fraction of sp³-hybridized carbons (Fsp3) is 0.263. The molecule has 5 heteroatoms. The van der Waals surface area contributed by atoms with E-state index >= 15 is 0 Å². The molecule has 0 amide bonds. The summed E-state index contributed by atoms with van der Waals surface area (Å²) < 4.78 is 5.38. The first-order valence-corrected chi connectivity index (χ1v) is 8.16. The molecular formula is C19H19N3O2. The Bertz CT molecular complexity index is 816. The SMILES string of the molecule is OCC1c2ccccc2CCN1Cc1noc(-c2ccccc2)n1. The number of nitrogens with zero attached hydrogens (tertiary/aromatic N) is 3. The van der Waals surface area contributed by atoms with Crippen molar-refractivity contribution in [1.82, 2.24) is 15.0 Å². The maximum absolute atomic E-state index is 9.86. The second-order valence-electron chi connectivity index (χ2n) is 6.00. The zero-order chi connectivity index (χ0) is 16.4. The number of aliphatic hydroxyl groups excluding tert-OH is 1. The molecule has 1 unspecified atom stereocenters. The zero-order valence-corrected chi connectivity index (χ0v) is 13.3. The molecule has 1 aliphatic heterocycles. The Morgan fingerprint density at radius 3 is 2.71 bits per heavy atom. The monoisotopic (exact) mass is 321 g/mol. The molecule has 1 N–H and O–H groups in total. The molecule has 5 nitrogen and oxygen atoms in total. The van der Waals surface area contributed by atoms with Crippen LogP contribution >= 0.6 is 0 Å². The summed E-state index contributed by atoms with van der Waals surface area (Å²) in [6.45, 7) is 1.52. The van der Waals surface area contributed by atoms with Crippen LogP contribution in [0.25, 0.3) is 11.5 Å². The molecule has 1 aliphatic rings. The number of hydrogen-bond acceptors (Lipinski definition) is 5. The van der Waals surface area contributed by atoms with Crippen molar-refractivity contribution >= 4 is 0 Å². The molecule has 0 spiro atoms. The summed E-state index contributed by atoms with van der Waals surface area (Å²) in [5.41, 5.74) is 3.42. The molecular weight excluding hydrogens is 302 g/mol. The molecule has 0 aliphatic carbocycles. The molecule has 0 bridgehead atoms. The van der Waals surface area contributed by atoms with Crippen molar-refractivity contribution in [2.45, 2.75) is 19.0 Å². The Labute approximate surface area is 140 Å². The van der Waals surface area contributed by atoms with Crippen molar-refractivity contribution in [3.8, 4) is 11.5 Å². The molecule has 2 aromatic carbocycles. The summed E-state index contributed by atoms with van der Waals surface area (Å²) in [5.74, 6) is 1.18. The Kier molecular flexibility index (Phi) is 4.11. The second kappa shape index (κ2) is 6.55. The van der Waals surface area contributed by atoms with Crippen molar-refractivity contribution in [2.75, 3.05) is 13.2 Å². The highest BCUT2D eigenvalue weighted by Gasteiger charge is 2.27. The lowest BCUT2D eigenvalue weighted by atomic mass is 9.93. The topological polar surface area (TPSA) is 62.4 Å². The van der Waals surface area contributed by atoms with Gasteiger partial charge in [0.25, 0.3) is 5.89 Å². The van der Waals surface area contributed by atoms with Crippen molar-refractivity contribution in [3.05, 3.63) is 71.5 Å². The van der Waals surface area contributed by atoms with E-state index in [0.29, 0.717) is 18.3 Å². The van der Waals surface area contributed by atoms with Gasteiger partial charge in [0.1, 0.15) is 0 Å². The maximum Gasteiger partial charge on any atom is 0.257 e. The maximum atomic E-state index is 9.86. The zero-order valence-electron chi connectivity index (χ0n) is 13.3. The number of fused-ring (bicyclic) bond motifs is 1. The third-order valence-corrected chi connectivity index (χ3v) is 4.53.